The highest BCUT2D eigenvalue weighted by Crippen LogP contribution is 2.43. The molecule has 3 heteroatoms. The molecule has 0 spiro atoms. The molecule has 0 aliphatic carbocycles. The maximum Gasteiger partial charge on any atom is 0.135 e. The number of hydrogen-bond donors (Lipinski definition) is 0. The van der Waals surface area contributed by atoms with Gasteiger partial charge in [-0.1, -0.05) is 91.0 Å². The predicted octanol–water partition coefficient (Wildman–Crippen LogP) is 11.8. The molecule has 0 unspecified atom stereocenters. The van der Waals surface area contributed by atoms with Gasteiger partial charge in [0.2, 0.25) is 0 Å². The van der Waals surface area contributed by atoms with Crippen molar-refractivity contribution in [2.45, 2.75) is 6.92 Å². The van der Waals surface area contributed by atoms with Gasteiger partial charge in [0.1, 0.15) is 11.2 Å². The molecule has 7 aromatic carbocycles. The van der Waals surface area contributed by atoms with E-state index in [1.807, 2.05) is 12.1 Å². The van der Waals surface area contributed by atoms with Gasteiger partial charge in [-0.2, -0.15) is 0 Å². The van der Waals surface area contributed by atoms with Crippen molar-refractivity contribution in [2.75, 3.05) is 0 Å². The summed E-state index contributed by atoms with van der Waals surface area (Å²) < 4.78 is 11.0. The molecule has 3 nitrogen and oxygen atoms in total. The Kier molecular flexibility index (Phi) is 5.20. The molecule has 10 rings (SSSR count). The topological polar surface area (TPSA) is 23.0 Å². The molecule has 0 saturated carbocycles. The Balaban J connectivity index is 1.25. The van der Waals surface area contributed by atoms with Crippen LogP contribution in [0, 0.1) is 6.92 Å². The highest BCUT2D eigenvalue weighted by Gasteiger charge is 2.21. The van der Waals surface area contributed by atoms with E-state index in [1.165, 1.54) is 71.7 Å². The molecule has 3 aromatic heterocycles. The van der Waals surface area contributed by atoms with Crippen LogP contribution in [0.5, 0.6) is 0 Å². The van der Waals surface area contributed by atoms with Gasteiger partial charge in [0.15, 0.2) is 0 Å². The Morgan fingerprint density at radius 2 is 1.09 bits per heavy atom. The van der Waals surface area contributed by atoms with Crippen LogP contribution in [0.1, 0.15) is 5.56 Å². The van der Waals surface area contributed by atoms with E-state index >= 15 is 0 Å². The third-order valence-corrected chi connectivity index (χ3v) is 9.63. The Morgan fingerprint density at radius 1 is 0.435 bits per heavy atom. The molecule has 0 saturated heterocycles. The van der Waals surface area contributed by atoms with Gasteiger partial charge in [0, 0.05) is 43.7 Å². The minimum atomic E-state index is 0.919. The van der Waals surface area contributed by atoms with Crippen LogP contribution in [0.3, 0.4) is 0 Å². The number of aryl methyl sites for hydroxylation is 1. The van der Waals surface area contributed by atoms with E-state index in [0.717, 1.165) is 21.9 Å². The Bertz CT molecular complexity index is 2810. The zero-order chi connectivity index (χ0) is 30.4. The van der Waals surface area contributed by atoms with Crippen molar-refractivity contribution in [3.8, 4) is 22.5 Å². The van der Waals surface area contributed by atoms with Gasteiger partial charge in [0.05, 0.1) is 22.1 Å². The molecule has 3 heterocycles. The van der Waals surface area contributed by atoms with Crippen molar-refractivity contribution in [3.63, 3.8) is 0 Å². The maximum absolute atomic E-state index is 6.11. The standard InChI is InChI=1S/C43H28N2O/c1-27-25-28(29-20-24-41-35(26-29)32-14-7-10-18-40(32)46-41)19-22-36(27)45-37-16-8-5-13-31(37)33-21-23-39-42(43(33)45)34-15-6-9-17-38(34)44(39)30-11-3-2-4-12-30/h2-26H,1H3. The SMILES string of the molecule is Cc1cc(-c2ccc3oc4ccccc4c3c2)ccc1-n1c2ccccc2c2ccc3c(c4ccccc4n3-c3ccccc3)c21. The predicted molar refractivity (Wildman–Crippen MR) is 193 cm³/mol. The Labute approximate surface area is 265 Å². The average Bonchev–Trinajstić information content (AvgIpc) is 3.76. The number of furan rings is 1. The highest BCUT2D eigenvalue weighted by molar-refractivity contribution is 6.26. The van der Waals surface area contributed by atoms with Crippen molar-refractivity contribution in [2.24, 2.45) is 0 Å². The number of nitrogens with zero attached hydrogens (tertiary/aromatic N) is 2. The fourth-order valence-electron chi connectivity index (χ4n) is 7.61. The van der Waals surface area contributed by atoms with Crippen LogP contribution in [0.2, 0.25) is 0 Å². The summed E-state index contributed by atoms with van der Waals surface area (Å²) in [5.41, 5.74) is 12.7. The van der Waals surface area contributed by atoms with Crippen LogP contribution in [0.4, 0.5) is 0 Å². The lowest BCUT2D eigenvalue weighted by Gasteiger charge is -2.14. The van der Waals surface area contributed by atoms with Gasteiger partial charge < -0.3 is 13.6 Å². The Hall–Kier alpha value is -6.06. The van der Waals surface area contributed by atoms with Crippen molar-refractivity contribution in [1.82, 2.24) is 9.13 Å². The van der Waals surface area contributed by atoms with E-state index in [9.17, 15) is 0 Å². The molecule has 10 aromatic rings. The lowest BCUT2D eigenvalue weighted by atomic mass is 10.00. The monoisotopic (exact) mass is 588 g/mol. The van der Waals surface area contributed by atoms with Crippen molar-refractivity contribution < 1.29 is 4.42 Å². The third kappa shape index (κ3) is 3.48. The summed E-state index contributed by atoms with van der Waals surface area (Å²) in [5.74, 6) is 0. The molecular formula is C43H28N2O. The quantitative estimate of drug-likeness (QED) is 0.201. The average molecular weight is 589 g/mol. The highest BCUT2D eigenvalue weighted by atomic mass is 16.3. The summed E-state index contributed by atoms with van der Waals surface area (Å²) in [7, 11) is 0. The van der Waals surface area contributed by atoms with E-state index in [0.29, 0.717) is 0 Å². The van der Waals surface area contributed by atoms with Crippen molar-refractivity contribution in [3.05, 3.63) is 157 Å². The van der Waals surface area contributed by atoms with Crippen LogP contribution >= 0.6 is 0 Å². The normalized spacial score (nSPS) is 12.0. The molecule has 0 radical (unpaired) electrons. The zero-order valence-electron chi connectivity index (χ0n) is 25.2. The Morgan fingerprint density at radius 3 is 1.91 bits per heavy atom. The first-order valence-corrected chi connectivity index (χ1v) is 15.8. The summed E-state index contributed by atoms with van der Waals surface area (Å²) in [6.07, 6.45) is 0. The van der Waals surface area contributed by atoms with E-state index < -0.39 is 0 Å². The smallest absolute Gasteiger partial charge is 0.135 e. The summed E-state index contributed by atoms with van der Waals surface area (Å²) in [6.45, 7) is 2.23. The van der Waals surface area contributed by atoms with Crippen LogP contribution in [0.25, 0.3) is 88.1 Å². The molecule has 0 atom stereocenters. The number of hydrogen-bond acceptors (Lipinski definition) is 1. The second-order valence-corrected chi connectivity index (χ2v) is 12.2. The summed E-state index contributed by atoms with van der Waals surface area (Å²) in [6, 6.07) is 54.6. The number of aromatic nitrogens is 2. The van der Waals surface area contributed by atoms with Crippen molar-refractivity contribution in [1.29, 1.82) is 0 Å². The minimum Gasteiger partial charge on any atom is -0.456 e. The number of fused-ring (bicyclic) bond motifs is 10. The van der Waals surface area contributed by atoms with E-state index in [-0.39, 0.29) is 0 Å². The molecule has 0 amide bonds. The van der Waals surface area contributed by atoms with Gasteiger partial charge in [-0.15, -0.1) is 0 Å². The van der Waals surface area contributed by atoms with E-state index in [4.69, 9.17) is 4.42 Å². The van der Waals surface area contributed by atoms with Crippen LogP contribution in [-0.4, -0.2) is 9.13 Å². The molecule has 0 aliphatic heterocycles. The first-order chi connectivity index (χ1) is 22.7. The zero-order valence-corrected chi connectivity index (χ0v) is 25.2. The number of para-hydroxylation sites is 4. The number of rotatable bonds is 3. The fraction of sp³-hybridized carbons (Fsp3) is 0.0233. The first kappa shape index (κ1) is 25.3. The largest absolute Gasteiger partial charge is 0.456 e. The summed E-state index contributed by atoms with van der Waals surface area (Å²) in [5, 5.41) is 7.35. The molecule has 216 valence electrons. The van der Waals surface area contributed by atoms with Gasteiger partial charge in [-0.3, -0.25) is 0 Å². The minimum absolute atomic E-state index is 0.919. The van der Waals surface area contributed by atoms with Gasteiger partial charge in [-0.25, -0.2) is 0 Å². The second kappa shape index (κ2) is 9.47. The van der Waals surface area contributed by atoms with Gasteiger partial charge in [0.25, 0.3) is 0 Å². The van der Waals surface area contributed by atoms with Crippen molar-refractivity contribution >= 4 is 65.6 Å². The maximum atomic E-state index is 6.11. The molecular weight excluding hydrogens is 560 g/mol. The third-order valence-electron chi connectivity index (χ3n) is 9.63. The van der Waals surface area contributed by atoms with Crippen LogP contribution < -0.4 is 0 Å². The summed E-state index contributed by atoms with van der Waals surface area (Å²) in [4.78, 5) is 0. The molecule has 0 aliphatic rings. The van der Waals surface area contributed by atoms with Crippen LogP contribution in [-0.2, 0) is 0 Å². The molecule has 0 bridgehead atoms. The first-order valence-electron chi connectivity index (χ1n) is 15.8. The van der Waals surface area contributed by atoms with Gasteiger partial charge in [-0.05, 0) is 84.3 Å². The van der Waals surface area contributed by atoms with E-state index in [2.05, 4.69) is 156 Å². The molecule has 46 heavy (non-hydrogen) atoms. The molecule has 0 N–H and O–H groups in total. The van der Waals surface area contributed by atoms with Crippen LogP contribution in [0.15, 0.2) is 156 Å². The lowest BCUT2D eigenvalue weighted by Crippen LogP contribution is -1.98. The van der Waals surface area contributed by atoms with Gasteiger partial charge >= 0.3 is 0 Å². The fourth-order valence-corrected chi connectivity index (χ4v) is 7.61. The summed E-state index contributed by atoms with van der Waals surface area (Å²) >= 11 is 0. The van der Waals surface area contributed by atoms with E-state index in [1.54, 1.807) is 0 Å². The lowest BCUT2D eigenvalue weighted by molar-refractivity contribution is 0.669. The molecule has 0 fully saturated rings. The second-order valence-electron chi connectivity index (χ2n) is 12.2. The number of benzene rings is 7.